The minimum absolute atomic E-state index is 0.292. The van der Waals surface area contributed by atoms with Gasteiger partial charge in [0.25, 0.3) is 0 Å². The summed E-state index contributed by atoms with van der Waals surface area (Å²) in [6, 6.07) is 3.67. The molecule has 0 unspecified atom stereocenters. The molecule has 4 heteroatoms. The van der Waals surface area contributed by atoms with Gasteiger partial charge in [0.15, 0.2) is 0 Å². The van der Waals surface area contributed by atoms with Crippen molar-refractivity contribution in [2.75, 3.05) is 7.11 Å². The topological polar surface area (TPSA) is 55.5 Å². The van der Waals surface area contributed by atoms with E-state index in [-0.39, 0.29) is 0 Å². The van der Waals surface area contributed by atoms with E-state index in [2.05, 4.69) is 0 Å². The highest BCUT2D eigenvalue weighted by Gasteiger charge is 2.16. The number of nitrogens with two attached hydrogens (primary N) is 1. The molecule has 0 heterocycles. The van der Waals surface area contributed by atoms with Gasteiger partial charge < -0.3 is 15.6 Å². The van der Waals surface area contributed by atoms with Crippen molar-refractivity contribution in [2.24, 2.45) is 5.73 Å². The lowest BCUT2D eigenvalue weighted by Gasteiger charge is -2.16. The Morgan fingerprint density at radius 3 is 2.57 bits per heavy atom. The molecule has 78 valence electrons. The average Bonchev–Trinajstić information content (AvgIpc) is 2.16. The molecular weight excluding hydrogens is 185 g/mol. The van der Waals surface area contributed by atoms with Crippen LogP contribution >= 0.6 is 0 Å². The minimum atomic E-state index is -0.780. The molecular formula is C10H14FNO2. The third-order valence-electron chi connectivity index (χ3n) is 2.09. The Hall–Kier alpha value is -1.13. The fraction of sp³-hybridized carbons (Fsp3) is 0.400. The molecule has 3 nitrogen and oxygen atoms in total. The average molecular weight is 199 g/mol. The van der Waals surface area contributed by atoms with Gasteiger partial charge >= 0.3 is 0 Å². The quantitative estimate of drug-likeness (QED) is 0.769. The molecule has 0 aromatic heterocycles. The van der Waals surface area contributed by atoms with Gasteiger partial charge in [0.05, 0.1) is 19.3 Å². The first kappa shape index (κ1) is 10.9. The monoisotopic (exact) mass is 199 g/mol. The summed E-state index contributed by atoms with van der Waals surface area (Å²) in [4.78, 5) is 0. The van der Waals surface area contributed by atoms with Gasteiger partial charge in [-0.05, 0) is 13.0 Å². The second-order valence-electron chi connectivity index (χ2n) is 3.15. The lowest BCUT2D eigenvalue weighted by Crippen LogP contribution is -2.24. The maximum atomic E-state index is 13.4. The summed E-state index contributed by atoms with van der Waals surface area (Å²) in [5.74, 6) is -0.0261. The highest BCUT2D eigenvalue weighted by atomic mass is 19.1. The van der Waals surface area contributed by atoms with Crippen LogP contribution in [0.1, 0.15) is 18.5 Å². The molecule has 0 spiro atoms. The first-order valence-electron chi connectivity index (χ1n) is 4.33. The minimum Gasteiger partial charge on any atom is -0.497 e. The van der Waals surface area contributed by atoms with E-state index < -0.39 is 18.0 Å². The number of halogens is 1. The predicted molar refractivity (Wildman–Crippen MR) is 51.6 cm³/mol. The summed E-state index contributed by atoms with van der Waals surface area (Å²) in [6.45, 7) is 1.52. The number of rotatable bonds is 3. The van der Waals surface area contributed by atoms with Crippen LogP contribution in [0, 0.1) is 5.82 Å². The van der Waals surface area contributed by atoms with E-state index in [1.807, 2.05) is 0 Å². The summed E-state index contributed by atoms with van der Waals surface area (Å²) in [6.07, 6.45) is -0.780. The Bertz CT molecular complexity index is 315. The zero-order chi connectivity index (χ0) is 10.7. The first-order valence-corrected chi connectivity index (χ1v) is 4.33. The fourth-order valence-corrected chi connectivity index (χ4v) is 1.17. The highest BCUT2D eigenvalue weighted by molar-refractivity contribution is 5.31. The van der Waals surface area contributed by atoms with Crippen LogP contribution in [0.3, 0.4) is 0 Å². The largest absolute Gasteiger partial charge is 0.497 e. The Labute approximate surface area is 82.3 Å². The summed E-state index contributed by atoms with van der Waals surface area (Å²) in [5.41, 5.74) is 5.89. The molecule has 0 radical (unpaired) electrons. The molecule has 0 amide bonds. The Kier molecular flexibility index (Phi) is 3.43. The maximum absolute atomic E-state index is 13.4. The van der Waals surface area contributed by atoms with Gasteiger partial charge in [-0.25, -0.2) is 4.39 Å². The SMILES string of the molecule is COc1ccc([C@@H](N)[C@H](C)O)c(F)c1. The predicted octanol–water partition coefficient (Wildman–Crippen LogP) is 1.21. The van der Waals surface area contributed by atoms with Crippen LogP contribution in [-0.4, -0.2) is 18.3 Å². The molecule has 0 fully saturated rings. The van der Waals surface area contributed by atoms with Gasteiger partial charge in [0, 0.05) is 11.6 Å². The van der Waals surface area contributed by atoms with Crippen molar-refractivity contribution in [3.63, 3.8) is 0 Å². The summed E-state index contributed by atoms with van der Waals surface area (Å²) in [7, 11) is 1.46. The van der Waals surface area contributed by atoms with E-state index in [1.165, 1.54) is 26.2 Å². The second kappa shape index (κ2) is 4.39. The van der Waals surface area contributed by atoms with Gasteiger partial charge in [-0.3, -0.25) is 0 Å². The molecule has 2 atom stereocenters. The van der Waals surface area contributed by atoms with Gasteiger partial charge in [0.2, 0.25) is 0 Å². The van der Waals surface area contributed by atoms with E-state index in [0.29, 0.717) is 11.3 Å². The zero-order valence-corrected chi connectivity index (χ0v) is 8.20. The van der Waals surface area contributed by atoms with Gasteiger partial charge in [0.1, 0.15) is 11.6 Å². The summed E-state index contributed by atoms with van der Waals surface area (Å²) in [5, 5.41) is 9.20. The number of hydrogen-bond acceptors (Lipinski definition) is 3. The number of aliphatic hydroxyl groups is 1. The number of ether oxygens (including phenoxy) is 1. The molecule has 1 rings (SSSR count). The van der Waals surface area contributed by atoms with E-state index in [4.69, 9.17) is 10.5 Å². The summed E-state index contributed by atoms with van der Waals surface area (Å²) >= 11 is 0. The van der Waals surface area contributed by atoms with Crippen molar-refractivity contribution in [3.8, 4) is 5.75 Å². The van der Waals surface area contributed by atoms with Crippen molar-refractivity contribution in [1.29, 1.82) is 0 Å². The standard InChI is InChI=1S/C10H14FNO2/c1-6(13)10(12)8-4-3-7(14-2)5-9(8)11/h3-6,10,13H,12H2,1-2H3/t6-,10-/m0/s1. The molecule has 0 aliphatic heterocycles. The number of aliphatic hydroxyl groups excluding tert-OH is 1. The van der Waals surface area contributed by atoms with E-state index in [9.17, 15) is 9.50 Å². The van der Waals surface area contributed by atoms with Gasteiger partial charge in [-0.1, -0.05) is 6.07 Å². The number of methoxy groups -OCH3 is 1. The van der Waals surface area contributed by atoms with Crippen LogP contribution in [0.5, 0.6) is 5.75 Å². The van der Waals surface area contributed by atoms with Crippen molar-refractivity contribution in [2.45, 2.75) is 19.1 Å². The molecule has 0 saturated heterocycles. The number of benzene rings is 1. The number of hydrogen-bond donors (Lipinski definition) is 2. The van der Waals surface area contributed by atoms with Crippen LogP contribution in [0.4, 0.5) is 4.39 Å². The van der Waals surface area contributed by atoms with Crippen LogP contribution in [-0.2, 0) is 0 Å². The molecule has 3 N–H and O–H groups in total. The molecule has 1 aromatic carbocycles. The van der Waals surface area contributed by atoms with Crippen LogP contribution < -0.4 is 10.5 Å². The molecule has 0 aliphatic rings. The van der Waals surface area contributed by atoms with Crippen LogP contribution in [0.25, 0.3) is 0 Å². The van der Waals surface area contributed by atoms with E-state index >= 15 is 0 Å². The van der Waals surface area contributed by atoms with E-state index in [1.54, 1.807) is 6.07 Å². The smallest absolute Gasteiger partial charge is 0.131 e. The van der Waals surface area contributed by atoms with Crippen LogP contribution in [0.15, 0.2) is 18.2 Å². The third-order valence-corrected chi connectivity index (χ3v) is 2.09. The zero-order valence-electron chi connectivity index (χ0n) is 8.20. The van der Waals surface area contributed by atoms with Crippen LogP contribution in [0.2, 0.25) is 0 Å². The Balaban J connectivity index is 2.99. The normalized spacial score (nSPS) is 14.9. The molecule has 14 heavy (non-hydrogen) atoms. The fourth-order valence-electron chi connectivity index (χ4n) is 1.17. The Morgan fingerprint density at radius 1 is 1.50 bits per heavy atom. The molecule has 1 aromatic rings. The third kappa shape index (κ3) is 2.21. The highest BCUT2D eigenvalue weighted by Crippen LogP contribution is 2.22. The van der Waals surface area contributed by atoms with Crippen molar-refractivity contribution >= 4 is 0 Å². The lowest BCUT2D eigenvalue weighted by molar-refractivity contribution is 0.162. The maximum Gasteiger partial charge on any atom is 0.131 e. The molecule has 0 saturated carbocycles. The van der Waals surface area contributed by atoms with E-state index in [0.717, 1.165) is 0 Å². The first-order chi connectivity index (χ1) is 6.56. The Morgan fingerprint density at radius 2 is 2.14 bits per heavy atom. The van der Waals surface area contributed by atoms with Gasteiger partial charge in [-0.15, -0.1) is 0 Å². The molecule has 0 aliphatic carbocycles. The van der Waals surface area contributed by atoms with Crippen molar-refractivity contribution in [3.05, 3.63) is 29.6 Å². The lowest BCUT2D eigenvalue weighted by atomic mass is 10.0. The van der Waals surface area contributed by atoms with Crippen molar-refractivity contribution < 1.29 is 14.2 Å². The van der Waals surface area contributed by atoms with Gasteiger partial charge in [-0.2, -0.15) is 0 Å². The second-order valence-corrected chi connectivity index (χ2v) is 3.15. The summed E-state index contributed by atoms with van der Waals surface area (Å²) < 4.78 is 18.2. The van der Waals surface area contributed by atoms with Crippen molar-refractivity contribution in [1.82, 2.24) is 0 Å². The molecule has 0 bridgehead atoms.